The first-order chi connectivity index (χ1) is 17.1. The Kier molecular flexibility index (Phi) is 10.8. The highest BCUT2D eigenvalue weighted by molar-refractivity contribution is 6.30. The van der Waals surface area contributed by atoms with Crippen LogP contribution in [0.25, 0.3) is 11.4 Å². The minimum atomic E-state index is -0.264. The zero-order chi connectivity index (χ0) is 25.0. The summed E-state index contributed by atoms with van der Waals surface area (Å²) in [6.45, 7) is 10.3. The molecule has 0 radical (unpaired) electrons. The second kappa shape index (κ2) is 14.1. The van der Waals surface area contributed by atoms with Crippen LogP contribution in [0.2, 0.25) is 5.15 Å². The van der Waals surface area contributed by atoms with Crippen molar-refractivity contribution in [3.8, 4) is 11.4 Å². The van der Waals surface area contributed by atoms with E-state index in [4.69, 9.17) is 21.3 Å². The van der Waals surface area contributed by atoms with Crippen molar-refractivity contribution < 1.29 is 9.53 Å². The molecular formula is C29H38ClN3O2. The number of rotatable bonds is 14. The summed E-state index contributed by atoms with van der Waals surface area (Å²) in [7, 11) is 0. The van der Waals surface area contributed by atoms with Gasteiger partial charge >= 0.3 is 5.97 Å². The van der Waals surface area contributed by atoms with Crippen LogP contribution in [0.1, 0.15) is 68.1 Å². The number of halogens is 1. The van der Waals surface area contributed by atoms with E-state index < -0.39 is 0 Å². The summed E-state index contributed by atoms with van der Waals surface area (Å²) in [4.78, 5) is 19.1. The van der Waals surface area contributed by atoms with E-state index in [0.29, 0.717) is 17.3 Å². The van der Waals surface area contributed by atoms with Crippen LogP contribution < -0.4 is 0 Å². The third-order valence-corrected chi connectivity index (χ3v) is 6.41. The van der Waals surface area contributed by atoms with Crippen molar-refractivity contribution >= 4 is 17.6 Å². The number of nitrogens with zero attached hydrogens (tertiary/aromatic N) is 3. The lowest BCUT2D eigenvalue weighted by atomic mass is 10.1. The lowest BCUT2D eigenvalue weighted by Crippen LogP contribution is -2.27. The quantitative estimate of drug-likeness (QED) is 0.225. The van der Waals surface area contributed by atoms with E-state index in [2.05, 4.69) is 35.4 Å². The fraction of sp³-hybridized carbons (Fsp3) is 0.448. The molecular weight excluding hydrogens is 458 g/mol. The Morgan fingerprint density at radius 2 is 1.69 bits per heavy atom. The monoisotopic (exact) mass is 495 g/mol. The molecule has 35 heavy (non-hydrogen) atoms. The Hall–Kier alpha value is -2.63. The average Bonchev–Trinajstić information content (AvgIpc) is 3.18. The number of hydrogen-bond donors (Lipinski definition) is 0. The highest BCUT2D eigenvalue weighted by Crippen LogP contribution is 2.27. The first-order valence-electron chi connectivity index (χ1n) is 12.9. The second-order valence-electron chi connectivity index (χ2n) is 8.84. The number of unbranched alkanes of at least 4 members (excludes halogenated alkanes) is 1. The summed E-state index contributed by atoms with van der Waals surface area (Å²) in [5.74, 6) is 0.685. The fourth-order valence-electron chi connectivity index (χ4n) is 4.27. The van der Waals surface area contributed by atoms with Crippen LogP contribution in [0, 0.1) is 0 Å². The molecule has 0 aliphatic heterocycles. The first kappa shape index (κ1) is 27.0. The van der Waals surface area contributed by atoms with Gasteiger partial charge in [-0.15, -0.1) is 0 Å². The number of aromatic nitrogens is 2. The van der Waals surface area contributed by atoms with Crippen molar-refractivity contribution in [1.82, 2.24) is 14.5 Å². The summed E-state index contributed by atoms with van der Waals surface area (Å²) < 4.78 is 7.37. The van der Waals surface area contributed by atoms with Gasteiger partial charge in [-0.1, -0.05) is 74.3 Å². The van der Waals surface area contributed by atoms with Gasteiger partial charge in [-0.25, -0.2) is 9.78 Å². The largest absolute Gasteiger partial charge is 0.462 e. The van der Waals surface area contributed by atoms with Gasteiger partial charge in [0.15, 0.2) is 5.15 Å². The van der Waals surface area contributed by atoms with E-state index in [1.165, 1.54) is 5.56 Å². The van der Waals surface area contributed by atoms with E-state index in [0.717, 1.165) is 75.4 Å². The number of benzene rings is 2. The summed E-state index contributed by atoms with van der Waals surface area (Å²) >= 11 is 6.71. The molecule has 0 aliphatic rings. The van der Waals surface area contributed by atoms with Crippen molar-refractivity contribution in [2.75, 3.05) is 19.7 Å². The smallest absolute Gasteiger partial charge is 0.338 e. The molecule has 0 saturated carbocycles. The predicted molar refractivity (Wildman–Crippen MR) is 144 cm³/mol. The highest BCUT2D eigenvalue weighted by atomic mass is 35.5. The first-order valence-corrected chi connectivity index (χ1v) is 13.2. The molecule has 0 aliphatic carbocycles. The van der Waals surface area contributed by atoms with Crippen LogP contribution in [-0.4, -0.2) is 40.1 Å². The van der Waals surface area contributed by atoms with Gasteiger partial charge in [0.05, 0.1) is 17.9 Å². The van der Waals surface area contributed by atoms with E-state index in [1.54, 1.807) is 0 Å². The normalized spacial score (nSPS) is 11.2. The van der Waals surface area contributed by atoms with E-state index in [9.17, 15) is 4.79 Å². The zero-order valence-electron chi connectivity index (χ0n) is 21.3. The number of esters is 1. The zero-order valence-corrected chi connectivity index (χ0v) is 22.1. The minimum Gasteiger partial charge on any atom is -0.462 e. The molecule has 2 aromatic carbocycles. The van der Waals surface area contributed by atoms with Crippen molar-refractivity contribution in [3.05, 3.63) is 76.6 Å². The Labute approximate surface area is 215 Å². The second-order valence-corrected chi connectivity index (χ2v) is 9.20. The summed E-state index contributed by atoms with van der Waals surface area (Å²) in [5, 5.41) is 0.605. The molecule has 0 unspecified atom stereocenters. The molecule has 188 valence electrons. The third kappa shape index (κ3) is 7.68. The van der Waals surface area contributed by atoms with Gasteiger partial charge in [0.25, 0.3) is 0 Å². The average molecular weight is 496 g/mol. The van der Waals surface area contributed by atoms with E-state index >= 15 is 0 Å². The number of aryl methyl sites for hydroxylation is 1. The fourth-order valence-corrected chi connectivity index (χ4v) is 4.51. The Morgan fingerprint density at radius 1 is 0.971 bits per heavy atom. The SMILES string of the molecule is CCCCN(CCCc1ccc(C(=O)OCC)cc1)Cc1c(Cl)nc(-c2ccccc2)n1CCC. The molecule has 6 heteroatoms. The van der Waals surface area contributed by atoms with E-state index in [1.807, 2.05) is 49.4 Å². The molecule has 5 nitrogen and oxygen atoms in total. The maximum Gasteiger partial charge on any atom is 0.338 e. The molecule has 3 rings (SSSR count). The van der Waals surface area contributed by atoms with E-state index in [-0.39, 0.29) is 5.97 Å². The standard InChI is InChI=1S/C29H38ClN3O2/c1-4-7-20-32(21-11-12-23-15-17-25(18-16-23)29(34)35-6-3)22-26-27(30)31-28(33(26)19-5-2)24-13-9-8-10-14-24/h8-10,13-18H,4-7,11-12,19-22H2,1-3H3. The van der Waals surface area contributed by atoms with Gasteiger partial charge < -0.3 is 9.30 Å². The van der Waals surface area contributed by atoms with Crippen LogP contribution in [0.4, 0.5) is 0 Å². The van der Waals surface area contributed by atoms with Crippen molar-refractivity contribution in [2.24, 2.45) is 0 Å². The number of carbonyl (C=O) groups excluding carboxylic acids is 1. The molecule has 0 spiro atoms. The lowest BCUT2D eigenvalue weighted by Gasteiger charge is -2.23. The Morgan fingerprint density at radius 3 is 2.34 bits per heavy atom. The van der Waals surface area contributed by atoms with Crippen molar-refractivity contribution in [2.45, 2.75) is 66.0 Å². The summed E-state index contributed by atoms with van der Waals surface area (Å²) in [5.41, 5.74) is 4.03. The van der Waals surface area contributed by atoms with Gasteiger partial charge in [-0.05, 0) is 63.4 Å². The van der Waals surface area contributed by atoms with Crippen LogP contribution >= 0.6 is 11.6 Å². The Bertz CT molecular complexity index is 1050. The number of imidazole rings is 1. The lowest BCUT2D eigenvalue weighted by molar-refractivity contribution is 0.0526. The third-order valence-electron chi connectivity index (χ3n) is 6.11. The van der Waals surface area contributed by atoms with Crippen molar-refractivity contribution in [1.29, 1.82) is 0 Å². The maximum atomic E-state index is 11.9. The van der Waals surface area contributed by atoms with Crippen LogP contribution in [0.3, 0.4) is 0 Å². The number of ether oxygens (including phenoxy) is 1. The van der Waals surface area contributed by atoms with Crippen LogP contribution in [-0.2, 0) is 24.2 Å². The van der Waals surface area contributed by atoms with Crippen LogP contribution in [0.15, 0.2) is 54.6 Å². The minimum absolute atomic E-state index is 0.264. The van der Waals surface area contributed by atoms with Gasteiger partial charge in [-0.2, -0.15) is 0 Å². The summed E-state index contributed by atoms with van der Waals surface area (Å²) in [6, 6.07) is 18.1. The van der Waals surface area contributed by atoms with Gasteiger partial charge in [0.2, 0.25) is 0 Å². The highest BCUT2D eigenvalue weighted by Gasteiger charge is 2.19. The maximum absolute atomic E-state index is 11.9. The van der Waals surface area contributed by atoms with Gasteiger partial charge in [0.1, 0.15) is 5.82 Å². The molecule has 0 N–H and O–H groups in total. The predicted octanol–water partition coefficient (Wildman–Crippen LogP) is 7.03. The molecule has 0 fully saturated rings. The van der Waals surface area contributed by atoms with Crippen LogP contribution in [0.5, 0.6) is 0 Å². The number of hydrogen-bond acceptors (Lipinski definition) is 4. The van der Waals surface area contributed by atoms with Gasteiger partial charge in [-0.3, -0.25) is 4.90 Å². The summed E-state index contributed by atoms with van der Waals surface area (Å²) in [6.07, 6.45) is 5.33. The Balaban J connectivity index is 1.69. The molecule has 0 bridgehead atoms. The van der Waals surface area contributed by atoms with Gasteiger partial charge in [0, 0.05) is 18.7 Å². The van der Waals surface area contributed by atoms with Crippen molar-refractivity contribution in [3.63, 3.8) is 0 Å². The molecule has 3 aromatic rings. The molecule has 0 amide bonds. The molecule has 1 aromatic heterocycles. The molecule has 1 heterocycles. The topological polar surface area (TPSA) is 47.4 Å². The molecule has 0 saturated heterocycles. The molecule has 0 atom stereocenters. The number of carbonyl (C=O) groups is 1.